The van der Waals surface area contributed by atoms with Gasteiger partial charge in [0, 0.05) is 25.7 Å². The van der Waals surface area contributed by atoms with E-state index in [1.54, 1.807) is 20.2 Å². The molecule has 0 radical (unpaired) electrons. The Labute approximate surface area is 161 Å². The number of hydrogen-bond donors (Lipinski definition) is 0. The minimum absolute atomic E-state index is 0.0128. The fraction of sp³-hybridized carbons (Fsp3) is 0.211. The van der Waals surface area contributed by atoms with Crippen molar-refractivity contribution in [1.29, 1.82) is 0 Å². The first-order valence-corrected chi connectivity index (χ1v) is 9.93. The van der Waals surface area contributed by atoms with Gasteiger partial charge in [0.05, 0.1) is 4.90 Å². The third-order valence-electron chi connectivity index (χ3n) is 4.16. The Balaban J connectivity index is 1.81. The van der Waals surface area contributed by atoms with E-state index in [9.17, 15) is 12.8 Å². The number of ether oxygens (including phenoxy) is 2. The highest BCUT2D eigenvalue weighted by molar-refractivity contribution is 7.91. The Morgan fingerprint density at radius 2 is 1.68 bits per heavy atom. The molecular formula is C19H17FN2O5S. The highest BCUT2D eigenvalue weighted by Gasteiger charge is 2.30. The van der Waals surface area contributed by atoms with Crippen LogP contribution in [0, 0.1) is 5.82 Å². The van der Waals surface area contributed by atoms with Gasteiger partial charge in [0.25, 0.3) is 0 Å². The smallest absolute Gasteiger partial charge is 0.235 e. The summed E-state index contributed by atoms with van der Waals surface area (Å²) in [5.74, 6) is 0.604. The predicted octanol–water partition coefficient (Wildman–Crippen LogP) is 3.15. The van der Waals surface area contributed by atoms with Gasteiger partial charge >= 0.3 is 0 Å². The molecule has 9 heteroatoms. The number of aromatic nitrogens is 1. The standard InChI is InChI=1S/C19H17FN2O5S/c1-22(2)19-18(21-17(27-19)12-3-5-13(20)6-4-12)28(23,24)14-7-8-15-16(11-14)26-10-9-25-15/h3-8,11H,9-10H2,1-2H3. The van der Waals surface area contributed by atoms with Crippen molar-refractivity contribution < 1.29 is 26.7 Å². The van der Waals surface area contributed by atoms with Crippen molar-refractivity contribution in [2.45, 2.75) is 9.92 Å². The van der Waals surface area contributed by atoms with Crippen molar-refractivity contribution in [3.8, 4) is 23.0 Å². The molecule has 0 fully saturated rings. The topological polar surface area (TPSA) is 81.9 Å². The number of oxazole rings is 1. The summed E-state index contributed by atoms with van der Waals surface area (Å²) in [5, 5.41) is -0.228. The van der Waals surface area contributed by atoms with Gasteiger partial charge in [-0.2, -0.15) is 4.98 Å². The molecule has 0 spiro atoms. The molecule has 28 heavy (non-hydrogen) atoms. The summed E-state index contributed by atoms with van der Waals surface area (Å²) in [6.45, 7) is 0.756. The van der Waals surface area contributed by atoms with E-state index in [4.69, 9.17) is 13.9 Å². The minimum atomic E-state index is -4.00. The third-order valence-corrected chi connectivity index (χ3v) is 5.80. The van der Waals surface area contributed by atoms with E-state index < -0.39 is 15.7 Å². The Bertz CT molecular complexity index is 1120. The lowest BCUT2D eigenvalue weighted by atomic mass is 10.2. The SMILES string of the molecule is CN(C)c1oc(-c2ccc(F)cc2)nc1S(=O)(=O)c1ccc2c(c1)OCCO2. The summed E-state index contributed by atoms with van der Waals surface area (Å²) in [4.78, 5) is 5.73. The lowest BCUT2D eigenvalue weighted by Crippen LogP contribution is -2.16. The molecule has 0 saturated carbocycles. The fourth-order valence-electron chi connectivity index (χ4n) is 2.77. The molecule has 4 rings (SSSR count). The van der Waals surface area contributed by atoms with Crippen LogP contribution in [0.5, 0.6) is 11.5 Å². The number of benzene rings is 2. The first-order chi connectivity index (χ1) is 13.4. The van der Waals surface area contributed by atoms with Crippen LogP contribution in [-0.4, -0.2) is 40.7 Å². The van der Waals surface area contributed by atoms with E-state index in [-0.39, 0.29) is 21.7 Å². The molecule has 1 aliphatic rings. The van der Waals surface area contributed by atoms with E-state index in [1.807, 2.05) is 0 Å². The average molecular weight is 404 g/mol. The molecule has 0 unspecified atom stereocenters. The first-order valence-electron chi connectivity index (χ1n) is 8.45. The van der Waals surface area contributed by atoms with Crippen LogP contribution in [0.25, 0.3) is 11.5 Å². The molecular weight excluding hydrogens is 387 g/mol. The fourth-order valence-corrected chi connectivity index (χ4v) is 4.16. The minimum Gasteiger partial charge on any atom is -0.486 e. The highest BCUT2D eigenvalue weighted by atomic mass is 32.2. The van der Waals surface area contributed by atoms with E-state index >= 15 is 0 Å². The summed E-state index contributed by atoms with van der Waals surface area (Å²) in [7, 11) is -0.698. The van der Waals surface area contributed by atoms with Crippen LogP contribution in [0.4, 0.5) is 10.3 Å². The van der Waals surface area contributed by atoms with Crippen molar-refractivity contribution in [2.24, 2.45) is 0 Å². The van der Waals surface area contributed by atoms with Gasteiger partial charge in [-0.05, 0) is 36.4 Å². The van der Waals surface area contributed by atoms with Gasteiger partial charge in [0.1, 0.15) is 19.0 Å². The lowest BCUT2D eigenvalue weighted by molar-refractivity contribution is 0.171. The second-order valence-electron chi connectivity index (χ2n) is 6.34. The van der Waals surface area contributed by atoms with Gasteiger partial charge < -0.3 is 18.8 Å². The third kappa shape index (κ3) is 3.18. The maximum Gasteiger partial charge on any atom is 0.235 e. The molecule has 1 aromatic heterocycles. The number of sulfone groups is 1. The summed E-state index contributed by atoms with van der Waals surface area (Å²) in [6, 6.07) is 9.86. The van der Waals surface area contributed by atoms with Crippen LogP contribution >= 0.6 is 0 Å². The molecule has 1 aliphatic heterocycles. The monoisotopic (exact) mass is 404 g/mol. The second kappa shape index (κ2) is 6.83. The molecule has 0 aliphatic carbocycles. The molecule has 146 valence electrons. The van der Waals surface area contributed by atoms with E-state index in [0.717, 1.165) is 0 Å². The van der Waals surface area contributed by atoms with Crippen LogP contribution in [-0.2, 0) is 9.84 Å². The van der Waals surface area contributed by atoms with Crippen molar-refractivity contribution in [3.63, 3.8) is 0 Å². The summed E-state index contributed by atoms with van der Waals surface area (Å²) in [6.07, 6.45) is 0. The van der Waals surface area contributed by atoms with Gasteiger partial charge in [0.2, 0.25) is 26.6 Å². The van der Waals surface area contributed by atoms with Gasteiger partial charge in [-0.1, -0.05) is 0 Å². The van der Waals surface area contributed by atoms with Crippen LogP contribution < -0.4 is 14.4 Å². The van der Waals surface area contributed by atoms with Gasteiger partial charge in [-0.15, -0.1) is 0 Å². The Hall–Kier alpha value is -3.07. The van der Waals surface area contributed by atoms with Crippen LogP contribution in [0.15, 0.2) is 56.8 Å². The number of fused-ring (bicyclic) bond motifs is 1. The van der Waals surface area contributed by atoms with Crippen molar-refractivity contribution in [1.82, 2.24) is 4.98 Å². The maximum atomic E-state index is 13.2. The summed E-state index contributed by atoms with van der Waals surface area (Å²) >= 11 is 0. The zero-order valence-corrected chi connectivity index (χ0v) is 16.0. The molecule has 0 atom stereocenters. The van der Waals surface area contributed by atoms with Gasteiger partial charge in [0.15, 0.2) is 11.5 Å². The van der Waals surface area contributed by atoms with E-state index in [2.05, 4.69) is 4.98 Å². The van der Waals surface area contributed by atoms with Crippen molar-refractivity contribution in [3.05, 3.63) is 48.3 Å². The number of nitrogens with zero attached hydrogens (tertiary/aromatic N) is 2. The molecule has 7 nitrogen and oxygen atoms in total. The van der Waals surface area contributed by atoms with Crippen LogP contribution in [0.3, 0.4) is 0 Å². The zero-order valence-electron chi connectivity index (χ0n) is 15.2. The second-order valence-corrected chi connectivity index (χ2v) is 8.20. The van der Waals surface area contributed by atoms with Crippen molar-refractivity contribution >= 4 is 15.7 Å². The Morgan fingerprint density at radius 1 is 1.00 bits per heavy atom. The normalized spacial score (nSPS) is 13.4. The number of rotatable bonds is 4. The molecule has 0 amide bonds. The molecule has 0 saturated heterocycles. The Morgan fingerprint density at radius 3 is 2.36 bits per heavy atom. The highest BCUT2D eigenvalue weighted by Crippen LogP contribution is 2.37. The maximum absolute atomic E-state index is 13.2. The molecule has 0 bridgehead atoms. The molecule has 2 aromatic carbocycles. The number of hydrogen-bond acceptors (Lipinski definition) is 7. The zero-order chi connectivity index (χ0) is 19.9. The van der Waals surface area contributed by atoms with E-state index in [0.29, 0.717) is 30.3 Å². The summed E-state index contributed by atoms with van der Waals surface area (Å²) in [5.41, 5.74) is 0.466. The van der Waals surface area contributed by atoms with Crippen LogP contribution in [0.2, 0.25) is 0 Å². The van der Waals surface area contributed by atoms with Gasteiger partial charge in [-0.3, -0.25) is 0 Å². The average Bonchev–Trinajstić information content (AvgIpc) is 3.15. The number of anilines is 1. The quantitative estimate of drug-likeness (QED) is 0.661. The predicted molar refractivity (Wildman–Crippen MR) is 99.1 cm³/mol. The largest absolute Gasteiger partial charge is 0.486 e. The molecule has 0 N–H and O–H groups in total. The lowest BCUT2D eigenvalue weighted by Gasteiger charge is -2.18. The summed E-state index contributed by atoms with van der Waals surface area (Å²) < 4.78 is 56.3. The van der Waals surface area contributed by atoms with Crippen molar-refractivity contribution in [2.75, 3.05) is 32.2 Å². The molecule has 3 aromatic rings. The first kappa shape index (κ1) is 18.3. The molecule has 2 heterocycles. The van der Waals surface area contributed by atoms with E-state index in [1.165, 1.54) is 41.3 Å². The number of halogens is 1. The van der Waals surface area contributed by atoms with Crippen LogP contribution in [0.1, 0.15) is 0 Å². The van der Waals surface area contributed by atoms with Gasteiger partial charge in [-0.25, -0.2) is 12.8 Å². The Kier molecular flexibility index (Phi) is 4.46.